The van der Waals surface area contributed by atoms with Crippen LogP contribution in [0.15, 0.2) is 0 Å². The van der Waals surface area contributed by atoms with Gasteiger partial charge in [-0.15, -0.1) is 0 Å². The minimum atomic E-state index is -1.04. The van der Waals surface area contributed by atoms with Crippen LogP contribution < -0.4 is 9.47 Å². The molecule has 0 fully saturated rings. The summed E-state index contributed by atoms with van der Waals surface area (Å²) in [7, 11) is 0. The van der Waals surface area contributed by atoms with Gasteiger partial charge in [-0.25, -0.2) is 0 Å². The lowest BCUT2D eigenvalue weighted by Gasteiger charge is -2.37. The molecule has 0 aromatic heterocycles. The van der Waals surface area contributed by atoms with Crippen molar-refractivity contribution < 1.29 is 33.7 Å². The van der Waals surface area contributed by atoms with Crippen molar-refractivity contribution in [2.24, 2.45) is 0 Å². The molecule has 1 aromatic rings. The van der Waals surface area contributed by atoms with Crippen LogP contribution in [0.1, 0.15) is 113 Å². The van der Waals surface area contributed by atoms with Crippen LogP contribution in [0.3, 0.4) is 0 Å². The van der Waals surface area contributed by atoms with Crippen molar-refractivity contribution in [3.8, 4) is 11.5 Å². The van der Waals surface area contributed by atoms with E-state index >= 15 is 0 Å². The summed E-state index contributed by atoms with van der Waals surface area (Å²) >= 11 is 0. The van der Waals surface area contributed by atoms with E-state index in [1.807, 2.05) is 27.7 Å². The van der Waals surface area contributed by atoms with Crippen molar-refractivity contribution in [2.45, 2.75) is 124 Å². The van der Waals surface area contributed by atoms with Crippen LogP contribution in [0.25, 0.3) is 0 Å². The molecule has 1 aromatic carbocycles. The quantitative estimate of drug-likeness (QED) is 0.141. The highest BCUT2D eigenvalue weighted by molar-refractivity contribution is 5.88. The molecule has 0 aliphatic carbocycles. The van der Waals surface area contributed by atoms with Crippen LogP contribution in [-0.2, 0) is 25.5 Å². The molecule has 1 atom stereocenters. The Morgan fingerprint density at radius 3 is 2.16 bits per heavy atom. The van der Waals surface area contributed by atoms with E-state index in [-0.39, 0.29) is 18.6 Å². The molecule has 7 nitrogen and oxygen atoms in total. The summed E-state index contributed by atoms with van der Waals surface area (Å²) in [4.78, 5) is 36.1. The fraction of sp³-hybridized carbons (Fsp3) is 0.700. The molecule has 0 unspecified atom stereocenters. The first-order valence-electron chi connectivity index (χ1n) is 14.0. The largest absolute Gasteiger partial charge is 0.481 e. The number of benzene rings is 1. The Kier molecular flexibility index (Phi) is 12.6. The third-order valence-electron chi connectivity index (χ3n) is 7.42. The molecule has 1 N–H and O–H groups in total. The Balaban J connectivity index is 1.87. The van der Waals surface area contributed by atoms with Crippen molar-refractivity contribution >= 4 is 17.7 Å². The van der Waals surface area contributed by atoms with E-state index in [1.54, 1.807) is 0 Å². The van der Waals surface area contributed by atoms with Gasteiger partial charge in [-0.2, -0.15) is 0 Å². The third kappa shape index (κ3) is 9.13. The highest BCUT2D eigenvalue weighted by Crippen LogP contribution is 2.44. The van der Waals surface area contributed by atoms with E-state index in [0.29, 0.717) is 30.8 Å². The van der Waals surface area contributed by atoms with Crippen molar-refractivity contribution in [2.75, 3.05) is 13.2 Å². The molecular formula is C30H46O7. The molecule has 0 saturated carbocycles. The maximum Gasteiger partial charge on any atom is 0.311 e. The number of hydrogen-bond donors (Lipinski definition) is 1. The topological polar surface area (TPSA) is 99.1 Å². The SMILES string of the molecule is CCCCCCOCCCCCCC(=O)[C@]1(C)CCc2c(C)c(OC(=O)CCC(=O)O)c(C)c(C)c2O1. The number of esters is 1. The molecule has 0 radical (unpaired) electrons. The zero-order valence-electron chi connectivity index (χ0n) is 23.5. The molecule has 37 heavy (non-hydrogen) atoms. The summed E-state index contributed by atoms with van der Waals surface area (Å²) in [5, 5.41) is 8.82. The monoisotopic (exact) mass is 518 g/mol. The maximum atomic E-state index is 13.1. The first-order valence-corrected chi connectivity index (χ1v) is 14.0. The van der Waals surface area contributed by atoms with E-state index in [4.69, 9.17) is 19.3 Å². The Hall–Kier alpha value is -2.41. The molecular weight excluding hydrogens is 472 g/mol. The molecule has 0 spiro atoms. The van der Waals surface area contributed by atoms with Crippen LogP contribution in [0, 0.1) is 20.8 Å². The molecule has 0 amide bonds. The Labute approximate surface area is 222 Å². The summed E-state index contributed by atoms with van der Waals surface area (Å²) in [5.41, 5.74) is 2.50. The Bertz CT molecular complexity index is 937. The van der Waals surface area contributed by atoms with Crippen molar-refractivity contribution in [1.29, 1.82) is 0 Å². The first kappa shape index (κ1) is 30.8. The number of unbranched alkanes of at least 4 members (excludes halogenated alkanes) is 6. The summed E-state index contributed by atoms with van der Waals surface area (Å²) in [6.07, 6.45) is 10.1. The van der Waals surface area contributed by atoms with Crippen LogP contribution in [0.4, 0.5) is 0 Å². The van der Waals surface area contributed by atoms with Crippen LogP contribution in [0.5, 0.6) is 11.5 Å². The second kappa shape index (κ2) is 15.1. The van der Waals surface area contributed by atoms with Crippen molar-refractivity contribution in [1.82, 2.24) is 0 Å². The fourth-order valence-electron chi connectivity index (χ4n) is 4.80. The zero-order valence-corrected chi connectivity index (χ0v) is 23.5. The Morgan fingerprint density at radius 1 is 0.865 bits per heavy atom. The number of hydrogen-bond acceptors (Lipinski definition) is 6. The number of carbonyl (C=O) groups is 3. The van der Waals surface area contributed by atoms with Crippen LogP contribution in [0.2, 0.25) is 0 Å². The van der Waals surface area contributed by atoms with Crippen molar-refractivity contribution in [3.63, 3.8) is 0 Å². The third-order valence-corrected chi connectivity index (χ3v) is 7.42. The van der Waals surface area contributed by atoms with Gasteiger partial charge in [0.2, 0.25) is 0 Å². The van der Waals surface area contributed by atoms with Gasteiger partial charge in [-0.05, 0) is 76.5 Å². The van der Waals surface area contributed by atoms with E-state index in [2.05, 4.69) is 6.92 Å². The lowest BCUT2D eigenvalue weighted by atomic mass is 9.84. The van der Waals surface area contributed by atoms with Crippen molar-refractivity contribution in [3.05, 3.63) is 22.3 Å². The lowest BCUT2D eigenvalue weighted by Crippen LogP contribution is -2.44. The summed E-state index contributed by atoms with van der Waals surface area (Å²) in [5.74, 6) is -0.299. The fourth-order valence-corrected chi connectivity index (χ4v) is 4.80. The normalized spacial score (nSPS) is 16.7. The molecule has 1 heterocycles. The Morgan fingerprint density at radius 2 is 1.51 bits per heavy atom. The molecule has 0 bridgehead atoms. The smallest absolute Gasteiger partial charge is 0.311 e. The molecule has 0 saturated heterocycles. The lowest BCUT2D eigenvalue weighted by molar-refractivity contribution is -0.142. The predicted molar refractivity (Wildman–Crippen MR) is 144 cm³/mol. The molecule has 1 aliphatic heterocycles. The van der Waals surface area contributed by atoms with Gasteiger partial charge in [0, 0.05) is 25.2 Å². The van der Waals surface area contributed by atoms with Gasteiger partial charge in [-0.1, -0.05) is 39.0 Å². The zero-order chi connectivity index (χ0) is 27.4. The number of aliphatic carboxylic acids is 1. The summed E-state index contributed by atoms with van der Waals surface area (Å²) in [6.45, 7) is 11.4. The van der Waals surface area contributed by atoms with Crippen LogP contribution in [-0.4, -0.2) is 41.6 Å². The number of carboxylic acid groups (broad SMARTS) is 1. The minimum absolute atomic E-state index is 0.129. The minimum Gasteiger partial charge on any atom is -0.481 e. The van der Waals surface area contributed by atoms with Gasteiger partial charge in [0.1, 0.15) is 11.5 Å². The number of carboxylic acids is 1. The van der Waals surface area contributed by atoms with Gasteiger partial charge in [0.25, 0.3) is 0 Å². The van der Waals surface area contributed by atoms with E-state index in [0.717, 1.165) is 67.6 Å². The molecule has 2 rings (SSSR count). The molecule has 7 heteroatoms. The number of Topliss-reactive ketones (excluding diaryl/α,β-unsaturated/α-hetero) is 1. The van der Waals surface area contributed by atoms with E-state index in [1.165, 1.54) is 19.3 Å². The average Bonchev–Trinajstić information content (AvgIpc) is 2.87. The first-order chi connectivity index (χ1) is 17.6. The van der Waals surface area contributed by atoms with Gasteiger partial charge in [-0.3, -0.25) is 14.4 Å². The number of ketones is 1. The average molecular weight is 519 g/mol. The van der Waals surface area contributed by atoms with E-state index in [9.17, 15) is 14.4 Å². The highest BCUT2D eigenvalue weighted by atomic mass is 16.5. The second-order valence-electron chi connectivity index (χ2n) is 10.5. The standard InChI is InChI=1S/C30H46O7/c1-6-7-8-12-19-35-20-13-10-9-11-14-25(31)30(5)18-17-24-23(4)28(21(2)22(3)29(24)37-30)36-27(34)16-15-26(32)33/h6-20H2,1-5H3,(H,32,33)/t30-/m0/s1. The van der Waals surface area contributed by atoms with Crippen LogP contribution >= 0.6 is 0 Å². The van der Waals surface area contributed by atoms with Gasteiger partial charge >= 0.3 is 11.9 Å². The van der Waals surface area contributed by atoms with Gasteiger partial charge in [0.15, 0.2) is 11.4 Å². The number of ether oxygens (including phenoxy) is 3. The highest BCUT2D eigenvalue weighted by Gasteiger charge is 2.40. The predicted octanol–water partition coefficient (Wildman–Crippen LogP) is 6.58. The second-order valence-corrected chi connectivity index (χ2v) is 10.5. The molecule has 208 valence electrons. The summed E-state index contributed by atoms with van der Waals surface area (Å²) in [6, 6.07) is 0. The summed E-state index contributed by atoms with van der Waals surface area (Å²) < 4.78 is 17.6. The maximum absolute atomic E-state index is 13.1. The number of fused-ring (bicyclic) bond motifs is 1. The van der Waals surface area contributed by atoms with Gasteiger partial charge in [0.05, 0.1) is 12.8 Å². The number of rotatable bonds is 17. The number of carbonyl (C=O) groups excluding carboxylic acids is 2. The molecule has 1 aliphatic rings. The van der Waals surface area contributed by atoms with E-state index < -0.39 is 17.5 Å². The van der Waals surface area contributed by atoms with Gasteiger partial charge < -0.3 is 19.3 Å².